The summed E-state index contributed by atoms with van der Waals surface area (Å²) in [6.45, 7) is 2.27. The van der Waals surface area contributed by atoms with E-state index in [1.807, 2.05) is 0 Å². The van der Waals surface area contributed by atoms with E-state index in [4.69, 9.17) is 10.5 Å². The molecule has 0 aromatic heterocycles. The fourth-order valence-corrected chi connectivity index (χ4v) is 4.41. The average molecular weight is 329 g/mol. The molecule has 1 unspecified atom stereocenters. The predicted octanol–water partition coefficient (Wildman–Crippen LogP) is 1.97. The maximum atomic E-state index is 11.1. The Kier molecular flexibility index (Phi) is 4.22. The molecule has 1 saturated heterocycles. The quantitative estimate of drug-likeness (QED) is 0.886. The third-order valence-corrected chi connectivity index (χ3v) is 5.87. The molecular weight excluding hydrogens is 302 g/mol. The van der Waals surface area contributed by atoms with Gasteiger partial charge in [-0.15, -0.1) is 0 Å². The summed E-state index contributed by atoms with van der Waals surface area (Å²) in [5.41, 5.74) is 6.67. The summed E-state index contributed by atoms with van der Waals surface area (Å²) < 4.78 is 6.34. The second-order valence-corrected chi connectivity index (χ2v) is 7.62. The van der Waals surface area contributed by atoms with Crippen LogP contribution in [0.3, 0.4) is 0 Å². The maximum absolute atomic E-state index is 11.1. The Bertz CT molecular complexity index is 606. The molecule has 0 radical (unpaired) electrons. The lowest BCUT2D eigenvalue weighted by Crippen LogP contribution is -2.52. The zero-order chi connectivity index (χ0) is 16.6. The van der Waals surface area contributed by atoms with Crippen LogP contribution in [0, 0.1) is 0 Å². The van der Waals surface area contributed by atoms with E-state index < -0.39 is 0 Å². The van der Waals surface area contributed by atoms with Gasteiger partial charge in [-0.2, -0.15) is 0 Å². The molecular formula is C19H27N3O2. The van der Waals surface area contributed by atoms with Gasteiger partial charge in [0.15, 0.2) is 0 Å². The smallest absolute Gasteiger partial charge is 0.231 e. The molecule has 1 aromatic rings. The predicted molar refractivity (Wildman–Crippen MR) is 92.8 cm³/mol. The van der Waals surface area contributed by atoms with Crippen molar-refractivity contribution in [2.75, 3.05) is 19.6 Å². The Morgan fingerprint density at radius 2 is 2.04 bits per heavy atom. The van der Waals surface area contributed by atoms with Gasteiger partial charge < -0.3 is 15.8 Å². The normalized spacial score (nSPS) is 26.4. The highest BCUT2D eigenvalue weighted by molar-refractivity contribution is 5.75. The number of piperidine rings is 1. The highest BCUT2D eigenvalue weighted by atomic mass is 16.5. The van der Waals surface area contributed by atoms with Crippen molar-refractivity contribution in [2.24, 2.45) is 5.73 Å². The number of fused-ring (bicyclic) bond motifs is 1. The zero-order valence-corrected chi connectivity index (χ0v) is 14.2. The first-order valence-electron chi connectivity index (χ1n) is 9.18. The first-order chi connectivity index (χ1) is 11.6. The molecule has 2 heterocycles. The van der Waals surface area contributed by atoms with Crippen molar-refractivity contribution in [3.05, 3.63) is 29.8 Å². The summed E-state index contributed by atoms with van der Waals surface area (Å²) >= 11 is 0. The Labute approximate surface area is 143 Å². The number of likely N-dealkylation sites (tertiary alicyclic amines) is 1. The van der Waals surface area contributed by atoms with E-state index >= 15 is 0 Å². The van der Waals surface area contributed by atoms with Crippen LogP contribution in [0.5, 0.6) is 5.75 Å². The summed E-state index contributed by atoms with van der Waals surface area (Å²) in [6.07, 6.45) is 6.85. The van der Waals surface area contributed by atoms with E-state index in [1.165, 1.54) is 24.8 Å². The molecule has 2 fully saturated rings. The number of hydrogen-bond acceptors (Lipinski definition) is 4. The summed E-state index contributed by atoms with van der Waals surface area (Å²) in [5, 5.41) is 3.89. The second-order valence-electron chi connectivity index (χ2n) is 7.62. The fraction of sp³-hybridized carbons (Fsp3) is 0.632. The Hall–Kier alpha value is -1.59. The molecule has 2 aliphatic heterocycles. The van der Waals surface area contributed by atoms with E-state index in [0.717, 1.165) is 38.1 Å². The molecule has 24 heavy (non-hydrogen) atoms. The molecule has 1 aliphatic carbocycles. The van der Waals surface area contributed by atoms with Crippen LogP contribution < -0.4 is 15.8 Å². The van der Waals surface area contributed by atoms with Gasteiger partial charge in [0, 0.05) is 37.2 Å². The minimum absolute atomic E-state index is 0.0681. The van der Waals surface area contributed by atoms with Crippen molar-refractivity contribution < 1.29 is 9.53 Å². The van der Waals surface area contributed by atoms with Crippen molar-refractivity contribution in [1.82, 2.24) is 10.2 Å². The van der Waals surface area contributed by atoms with Gasteiger partial charge in [-0.05, 0) is 38.2 Å². The van der Waals surface area contributed by atoms with Crippen LogP contribution >= 0.6 is 0 Å². The van der Waals surface area contributed by atoms with Gasteiger partial charge in [0.1, 0.15) is 11.4 Å². The number of carbonyl (C=O) groups excluding carboxylic acids is 1. The lowest BCUT2D eigenvalue weighted by Gasteiger charge is -2.49. The number of nitrogens with two attached hydrogens (primary N) is 1. The highest BCUT2D eigenvalue weighted by Crippen LogP contribution is 2.48. The van der Waals surface area contributed by atoms with Gasteiger partial charge in [-0.1, -0.05) is 18.2 Å². The molecule has 1 spiro atoms. The molecule has 5 heteroatoms. The summed E-state index contributed by atoms with van der Waals surface area (Å²) in [6, 6.07) is 9.35. The third-order valence-electron chi connectivity index (χ3n) is 5.87. The molecule has 0 bridgehead atoms. The van der Waals surface area contributed by atoms with Gasteiger partial charge in [0.2, 0.25) is 5.91 Å². The van der Waals surface area contributed by atoms with Crippen LogP contribution in [0.4, 0.5) is 0 Å². The van der Waals surface area contributed by atoms with Gasteiger partial charge in [-0.3, -0.25) is 9.69 Å². The van der Waals surface area contributed by atoms with Crippen LogP contribution in [0.1, 0.15) is 50.1 Å². The number of amides is 1. The second kappa shape index (κ2) is 6.37. The number of ether oxygens (including phenoxy) is 1. The van der Waals surface area contributed by atoms with Crippen LogP contribution in [-0.4, -0.2) is 42.1 Å². The Balaban J connectivity index is 1.42. The minimum atomic E-state index is -0.230. The molecule has 5 nitrogen and oxygen atoms in total. The van der Waals surface area contributed by atoms with Gasteiger partial charge in [0.05, 0.1) is 6.54 Å². The van der Waals surface area contributed by atoms with Gasteiger partial charge >= 0.3 is 0 Å². The van der Waals surface area contributed by atoms with Gasteiger partial charge in [0.25, 0.3) is 0 Å². The molecule has 3 N–H and O–H groups in total. The van der Waals surface area contributed by atoms with Crippen molar-refractivity contribution in [3.63, 3.8) is 0 Å². The molecule has 1 aromatic carbocycles. The van der Waals surface area contributed by atoms with Crippen LogP contribution in [0.25, 0.3) is 0 Å². The maximum Gasteiger partial charge on any atom is 0.231 e. The van der Waals surface area contributed by atoms with E-state index in [1.54, 1.807) is 0 Å². The number of carbonyl (C=O) groups is 1. The molecule has 1 amide bonds. The molecule has 1 saturated carbocycles. The number of para-hydroxylation sites is 1. The Morgan fingerprint density at radius 3 is 2.71 bits per heavy atom. The number of primary amides is 1. The zero-order valence-electron chi connectivity index (χ0n) is 14.2. The molecule has 130 valence electrons. The van der Waals surface area contributed by atoms with Crippen molar-refractivity contribution >= 4 is 5.91 Å². The average Bonchev–Trinajstić information content (AvgIpc) is 2.54. The lowest BCUT2D eigenvalue weighted by molar-refractivity contribution is -0.119. The van der Waals surface area contributed by atoms with E-state index in [2.05, 4.69) is 34.5 Å². The summed E-state index contributed by atoms with van der Waals surface area (Å²) in [4.78, 5) is 13.2. The monoisotopic (exact) mass is 329 g/mol. The summed E-state index contributed by atoms with van der Waals surface area (Å²) in [5.74, 6) is 0.832. The standard InChI is InChI=1S/C19H27N3O2/c20-18(23)13-22-10-6-14(7-11-22)21-16-12-19(8-3-9-19)24-17-5-2-1-4-15(16)17/h1-2,4-5,14,16,21H,3,6-13H2,(H2,20,23). The van der Waals surface area contributed by atoms with E-state index in [9.17, 15) is 4.79 Å². The molecule has 1 atom stereocenters. The highest BCUT2D eigenvalue weighted by Gasteiger charge is 2.45. The number of benzene rings is 1. The SMILES string of the molecule is NC(=O)CN1CCC(NC2CC3(CCC3)Oc3ccccc32)CC1. The number of nitrogens with one attached hydrogen (secondary N) is 1. The Morgan fingerprint density at radius 1 is 1.29 bits per heavy atom. The van der Waals surface area contributed by atoms with Crippen LogP contribution in [0.2, 0.25) is 0 Å². The molecule has 3 aliphatic rings. The van der Waals surface area contributed by atoms with Gasteiger partial charge in [-0.25, -0.2) is 0 Å². The first kappa shape index (κ1) is 15.9. The van der Waals surface area contributed by atoms with E-state index in [0.29, 0.717) is 18.6 Å². The topological polar surface area (TPSA) is 67.6 Å². The minimum Gasteiger partial charge on any atom is -0.487 e. The third kappa shape index (κ3) is 3.15. The van der Waals surface area contributed by atoms with Crippen molar-refractivity contribution in [1.29, 1.82) is 0 Å². The van der Waals surface area contributed by atoms with Crippen LogP contribution in [0.15, 0.2) is 24.3 Å². The molecule has 4 rings (SSSR count). The number of nitrogens with zero attached hydrogens (tertiary/aromatic N) is 1. The van der Waals surface area contributed by atoms with Crippen LogP contribution in [-0.2, 0) is 4.79 Å². The van der Waals surface area contributed by atoms with Crippen molar-refractivity contribution in [2.45, 2.75) is 56.2 Å². The van der Waals surface area contributed by atoms with E-state index in [-0.39, 0.29) is 11.5 Å². The lowest BCUT2D eigenvalue weighted by atomic mass is 9.72. The fourth-order valence-electron chi connectivity index (χ4n) is 4.41. The largest absolute Gasteiger partial charge is 0.487 e. The number of hydrogen-bond donors (Lipinski definition) is 2. The summed E-state index contributed by atoms with van der Waals surface area (Å²) in [7, 11) is 0. The number of rotatable bonds is 4. The first-order valence-corrected chi connectivity index (χ1v) is 9.18. The van der Waals surface area contributed by atoms with Crippen molar-refractivity contribution in [3.8, 4) is 5.75 Å².